The molecule has 2 fully saturated rings. The smallest absolute Gasteiger partial charge is 0.419 e. The van der Waals surface area contributed by atoms with Crippen LogP contribution in [0.4, 0.5) is 13.2 Å². The third-order valence-corrected chi connectivity index (χ3v) is 7.24. The number of carbonyl (C=O) groups is 2. The van der Waals surface area contributed by atoms with Crippen molar-refractivity contribution in [3.8, 4) is 5.75 Å². The average Bonchev–Trinajstić information content (AvgIpc) is 3.34. The Morgan fingerprint density at radius 2 is 1.87 bits per heavy atom. The Balaban J connectivity index is 1.49. The van der Waals surface area contributed by atoms with Gasteiger partial charge in [0, 0.05) is 43.9 Å². The summed E-state index contributed by atoms with van der Waals surface area (Å²) < 4.78 is 51.9. The number of aryl methyl sites for hydroxylation is 1. The second-order valence-corrected chi connectivity index (χ2v) is 10.2. The number of piperazine rings is 1. The number of alkyl halides is 3. The Kier molecular flexibility index (Phi) is 8.53. The predicted octanol–water partition coefficient (Wildman–Crippen LogP) is 2.70. The van der Waals surface area contributed by atoms with E-state index in [0.717, 1.165) is 29.5 Å². The van der Waals surface area contributed by atoms with Crippen LogP contribution < -0.4 is 4.74 Å². The summed E-state index contributed by atoms with van der Waals surface area (Å²) in [5.41, 5.74) is -1.24. The first-order valence-electron chi connectivity index (χ1n) is 12.3. The van der Waals surface area contributed by atoms with E-state index in [1.807, 2.05) is 14.0 Å². The van der Waals surface area contributed by atoms with Crippen molar-refractivity contribution in [2.75, 3.05) is 59.5 Å². The fourth-order valence-electron chi connectivity index (χ4n) is 4.50. The Morgan fingerprint density at radius 1 is 1.13 bits per heavy atom. The van der Waals surface area contributed by atoms with Gasteiger partial charge in [0.05, 0.1) is 31.3 Å². The lowest BCUT2D eigenvalue weighted by Gasteiger charge is -2.43. The zero-order valence-corrected chi connectivity index (χ0v) is 22.1. The number of ether oxygens (including phenoxy) is 2. The van der Waals surface area contributed by atoms with Crippen LogP contribution in [0.15, 0.2) is 30.6 Å². The van der Waals surface area contributed by atoms with Gasteiger partial charge >= 0.3 is 6.18 Å². The average molecular weight is 558 g/mol. The molecule has 2 saturated heterocycles. The minimum Gasteiger partial charge on any atom is -0.490 e. The SMILES string of the molecule is Cc1cc(OC[C@@]2(CC(=O)N3CCN(C)CC3)CN(C(=O)Cn3cc(C(F)(F)F)cn3)CCO2)ccc1Cl. The van der Waals surface area contributed by atoms with Crippen molar-refractivity contribution in [3.05, 3.63) is 46.7 Å². The number of benzene rings is 1. The highest BCUT2D eigenvalue weighted by atomic mass is 35.5. The van der Waals surface area contributed by atoms with Gasteiger partial charge < -0.3 is 24.2 Å². The second kappa shape index (κ2) is 11.5. The van der Waals surface area contributed by atoms with Gasteiger partial charge in [-0.3, -0.25) is 14.3 Å². The van der Waals surface area contributed by atoms with Crippen LogP contribution in [0.25, 0.3) is 0 Å². The minimum absolute atomic E-state index is 0.00265. The van der Waals surface area contributed by atoms with Crippen LogP contribution in [0.5, 0.6) is 5.75 Å². The molecule has 0 saturated carbocycles. The van der Waals surface area contributed by atoms with Gasteiger partial charge in [0.15, 0.2) is 0 Å². The molecular formula is C25H31ClF3N5O4. The lowest BCUT2D eigenvalue weighted by Crippen LogP contribution is -2.59. The fraction of sp³-hybridized carbons (Fsp3) is 0.560. The zero-order chi connectivity index (χ0) is 27.5. The van der Waals surface area contributed by atoms with Gasteiger partial charge in [-0.1, -0.05) is 11.6 Å². The standard InChI is InChI=1S/C25H31ClF3N5O4/c1-18-11-20(3-4-21(18)26)37-17-24(12-22(35)32-7-5-31(2)6-8-32)16-33(9-10-38-24)23(36)15-34-14-19(13-30-34)25(27,28)29/h3-4,11,13-14H,5-10,12,15-17H2,1-2H3/t24-/m1/s1. The van der Waals surface area contributed by atoms with E-state index in [1.165, 1.54) is 4.90 Å². The number of rotatable bonds is 7. The van der Waals surface area contributed by atoms with Gasteiger partial charge in [0.1, 0.15) is 24.5 Å². The molecule has 4 rings (SSSR count). The van der Waals surface area contributed by atoms with Crippen molar-refractivity contribution < 1.29 is 32.2 Å². The quantitative estimate of drug-likeness (QED) is 0.521. The zero-order valence-electron chi connectivity index (χ0n) is 21.3. The van der Waals surface area contributed by atoms with E-state index in [2.05, 4.69) is 10.00 Å². The van der Waals surface area contributed by atoms with Crippen LogP contribution in [0.3, 0.4) is 0 Å². The molecule has 0 N–H and O–H groups in total. The van der Waals surface area contributed by atoms with Gasteiger partial charge in [-0.05, 0) is 37.7 Å². The first kappa shape index (κ1) is 28.2. The molecule has 2 aliphatic rings. The molecular weight excluding hydrogens is 527 g/mol. The summed E-state index contributed by atoms with van der Waals surface area (Å²) in [7, 11) is 2.00. The number of nitrogens with zero attached hydrogens (tertiary/aromatic N) is 5. The van der Waals surface area contributed by atoms with Crippen molar-refractivity contribution in [3.63, 3.8) is 0 Å². The molecule has 13 heteroatoms. The molecule has 2 aliphatic heterocycles. The number of carbonyl (C=O) groups excluding carboxylic acids is 2. The molecule has 0 aliphatic carbocycles. The third-order valence-electron chi connectivity index (χ3n) is 6.82. The number of aromatic nitrogens is 2. The number of amides is 2. The highest BCUT2D eigenvalue weighted by Gasteiger charge is 2.42. The largest absolute Gasteiger partial charge is 0.490 e. The van der Waals surface area contributed by atoms with Gasteiger partial charge in [-0.15, -0.1) is 0 Å². The number of hydrogen-bond acceptors (Lipinski definition) is 6. The molecule has 0 bridgehead atoms. The maximum Gasteiger partial charge on any atom is 0.419 e. The molecule has 9 nitrogen and oxygen atoms in total. The van der Waals surface area contributed by atoms with E-state index in [9.17, 15) is 22.8 Å². The molecule has 208 valence electrons. The van der Waals surface area contributed by atoms with E-state index in [0.29, 0.717) is 30.1 Å². The summed E-state index contributed by atoms with van der Waals surface area (Å²) >= 11 is 6.12. The second-order valence-electron chi connectivity index (χ2n) is 9.83. The molecule has 0 radical (unpaired) electrons. The summed E-state index contributed by atoms with van der Waals surface area (Å²) in [6.45, 7) is 4.60. The van der Waals surface area contributed by atoms with Gasteiger partial charge in [-0.2, -0.15) is 18.3 Å². The molecule has 0 unspecified atom stereocenters. The summed E-state index contributed by atoms with van der Waals surface area (Å²) in [6.07, 6.45) is -3.06. The van der Waals surface area contributed by atoms with Gasteiger partial charge in [-0.25, -0.2) is 0 Å². The number of morpholine rings is 1. The number of likely N-dealkylation sites (N-methyl/N-ethyl adjacent to an activating group) is 1. The number of halogens is 4. The fourth-order valence-corrected chi connectivity index (χ4v) is 4.62. The first-order chi connectivity index (χ1) is 17.9. The van der Waals surface area contributed by atoms with E-state index in [1.54, 1.807) is 23.1 Å². The lowest BCUT2D eigenvalue weighted by atomic mass is 9.96. The molecule has 2 amide bonds. The predicted molar refractivity (Wildman–Crippen MR) is 133 cm³/mol. The summed E-state index contributed by atoms with van der Waals surface area (Å²) in [6, 6.07) is 5.21. The highest BCUT2D eigenvalue weighted by molar-refractivity contribution is 6.31. The molecule has 2 aromatic rings. The van der Waals surface area contributed by atoms with E-state index < -0.39 is 23.2 Å². The minimum atomic E-state index is -4.55. The van der Waals surface area contributed by atoms with Crippen LogP contribution in [-0.4, -0.2) is 101 Å². The Bertz CT molecular complexity index is 1150. The van der Waals surface area contributed by atoms with Crippen molar-refractivity contribution >= 4 is 23.4 Å². The Morgan fingerprint density at radius 3 is 2.53 bits per heavy atom. The summed E-state index contributed by atoms with van der Waals surface area (Å²) in [4.78, 5) is 31.8. The van der Waals surface area contributed by atoms with Crippen LogP contribution >= 0.6 is 11.6 Å². The van der Waals surface area contributed by atoms with Crippen molar-refractivity contribution in [1.29, 1.82) is 0 Å². The van der Waals surface area contributed by atoms with Crippen LogP contribution in [0, 0.1) is 6.92 Å². The monoisotopic (exact) mass is 557 g/mol. The highest BCUT2D eigenvalue weighted by Crippen LogP contribution is 2.29. The molecule has 38 heavy (non-hydrogen) atoms. The van der Waals surface area contributed by atoms with Gasteiger partial charge in [0.25, 0.3) is 0 Å². The lowest BCUT2D eigenvalue weighted by molar-refractivity contribution is -0.166. The van der Waals surface area contributed by atoms with Crippen molar-refractivity contribution in [2.45, 2.75) is 31.7 Å². The normalized spacial score (nSPS) is 21.0. The molecule has 1 aromatic carbocycles. The summed E-state index contributed by atoms with van der Waals surface area (Å²) in [5, 5.41) is 4.27. The Hall–Kier alpha value is -2.83. The summed E-state index contributed by atoms with van der Waals surface area (Å²) in [5.74, 6) is 0.00987. The van der Waals surface area contributed by atoms with Crippen LogP contribution in [-0.2, 0) is 27.0 Å². The van der Waals surface area contributed by atoms with Crippen molar-refractivity contribution in [2.24, 2.45) is 0 Å². The maximum atomic E-state index is 13.3. The van der Waals surface area contributed by atoms with Crippen LogP contribution in [0.1, 0.15) is 17.5 Å². The van der Waals surface area contributed by atoms with Crippen molar-refractivity contribution in [1.82, 2.24) is 24.5 Å². The first-order valence-corrected chi connectivity index (χ1v) is 12.7. The number of hydrogen-bond donors (Lipinski definition) is 0. The maximum absolute atomic E-state index is 13.3. The topological polar surface area (TPSA) is 80.1 Å². The van der Waals surface area contributed by atoms with E-state index in [-0.39, 0.29) is 45.2 Å². The van der Waals surface area contributed by atoms with Gasteiger partial charge in [0.2, 0.25) is 11.8 Å². The van der Waals surface area contributed by atoms with E-state index >= 15 is 0 Å². The molecule has 1 atom stereocenters. The molecule has 3 heterocycles. The Labute approximate surface area is 224 Å². The third kappa shape index (κ3) is 6.97. The molecule has 0 spiro atoms. The molecule has 1 aromatic heterocycles. The van der Waals surface area contributed by atoms with E-state index in [4.69, 9.17) is 21.1 Å². The van der Waals surface area contributed by atoms with Crippen LogP contribution in [0.2, 0.25) is 5.02 Å².